The van der Waals surface area contributed by atoms with E-state index in [1.807, 2.05) is 50.1 Å². The van der Waals surface area contributed by atoms with Gasteiger partial charge in [0.25, 0.3) is 0 Å². The standard InChI is InChI=1S/C26H27FN2/c1-6-9-23(12-14-25-13-11-20(3)10-8-15-28-25)16-21(4)29(5)26-18-22(7-2)17-24(27)19-26/h6-8,10,15-19H,2,11,13H2,1,3-5H3/b15-8-,20-10+,21-16-,28-25?. The molecule has 2 nitrogen and oxygen atoms in total. The summed E-state index contributed by atoms with van der Waals surface area (Å²) in [6.45, 7) is 9.69. The highest BCUT2D eigenvalue weighted by Crippen LogP contribution is 2.22. The monoisotopic (exact) mass is 386 g/mol. The fourth-order valence-electron chi connectivity index (χ4n) is 2.72. The van der Waals surface area contributed by atoms with E-state index in [4.69, 9.17) is 0 Å². The van der Waals surface area contributed by atoms with E-state index < -0.39 is 0 Å². The Morgan fingerprint density at radius 2 is 2.07 bits per heavy atom. The summed E-state index contributed by atoms with van der Waals surface area (Å²) < 4.78 is 13.9. The van der Waals surface area contributed by atoms with Gasteiger partial charge in [-0.15, -0.1) is 5.73 Å². The number of aliphatic imine (C=N–C) groups is 1. The van der Waals surface area contributed by atoms with Gasteiger partial charge in [-0.3, -0.25) is 4.99 Å². The van der Waals surface area contributed by atoms with Gasteiger partial charge < -0.3 is 4.90 Å². The second-order valence-corrected chi connectivity index (χ2v) is 6.82. The van der Waals surface area contributed by atoms with Crippen molar-refractivity contribution in [2.75, 3.05) is 11.9 Å². The lowest BCUT2D eigenvalue weighted by Gasteiger charge is -2.20. The Labute approximate surface area is 173 Å². The van der Waals surface area contributed by atoms with Crippen LogP contribution in [0.3, 0.4) is 0 Å². The molecule has 0 bridgehead atoms. The molecule has 1 aliphatic heterocycles. The van der Waals surface area contributed by atoms with Gasteiger partial charge in [-0.2, -0.15) is 0 Å². The van der Waals surface area contributed by atoms with E-state index in [0.29, 0.717) is 0 Å². The normalized spacial score (nSPS) is 16.5. The van der Waals surface area contributed by atoms with Gasteiger partial charge in [0, 0.05) is 31.1 Å². The van der Waals surface area contributed by atoms with E-state index in [0.717, 1.165) is 41.1 Å². The van der Waals surface area contributed by atoms with Crippen molar-refractivity contribution in [3.8, 4) is 11.8 Å². The molecule has 0 N–H and O–H groups in total. The number of hydrogen-bond acceptors (Lipinski definition) is 2. The van der Waals surface area contributed by atoms with Gasteiger partial charge >= 0.3 is 0 Å². The van der Waals surface area contributed by atoms with Crippen LogP contribution in [0.1, 0.15) is 39.2 Å². The molecule has 2 rings (SSSR count). The smallest absolute Gasteiger partial charge is 0.125 e. The first-order valence-corrected chi connectivity index (χ1v) is 9.60. The quantitative estimate of drug-likeness (QED) is 0.323. The number of halogens is 1. The van der Waals surface area contributed by atoms with Gasteiger partial charge in [-0.25, -0.2) is 4.39 Å². The molecule has 0 unspecified atom stereocenters. The summed E-state index contributed by atoms with van der Waals surface area (Å²) in [6, 6.07) is 4.85. The molecule has 29 heavy (non-hydrogen) atoms. The number of anilines is 1. The van der Waals surface area contributed by atoms with Crippen LogP contribution in [0, 0.1) is 17.7 Å². The van der Waals surface area contributed by atoms with Crippen LogP contribution in [0.15, 0.2) is 82.8 Å². The van der Waals surface area contributed by atoms with Gasteiger partial charge in [-0.1, -0.05) is 30.2 Å². The molecule has 0 fully saturated rings. The summed E-state index contributed by atoms with van der Waals surface area (Å²) in [5.41, 5.74) is 8.49. The first-order chi connectivity index (χ1) is 13.9. The minimum atomic E-state index is -0.291. The van der Waals surface area contributed by atoms with E-state index in [2.05, 4.69) is 42.1 Å². The van der Waals surface area contributed by atoms with Crippen molar-refractivity contribution in [3.05, 3.63) is 89.2 Å². The highest BCUT2D eigenvalue weighted by atomic mass is 19.1. The first-order valence-electron chi connectivity index (χ1n) is 9.60. The van der Waals surface area contributed by atoms with Crippen LogP contribution < -0.4 is 4.90 Å². The van der Waals surface area contributed by atoms with Crippen molar-refractivity contribution < 1.29 is 4.39 Å². The van der Waals surface area contributed by atoms with Crippen molar-refractivity contribution in [1.82, 2.24) is 0 Å². The summed E-state index contributed by atoms with van der Waals surface area (Å²) in [6.07, 6.45) is 13.0. The van der Waals surface area contributed by atoms with Crippen LogP contribution in [0.2, 0.25) is 0 Å². The molecule has 0 aliphatic carbocycles. The molecule has 0 amide bonds. The molecule has 1 heterocycles. The maximum atomic E-state index is 13.9. The van der Waals surface area contributed by atoms with Crippen LogP contribution in [-0.2, 0) is 0 Å². The first kappa shape index (κ1) is 22.0. The number of benzene rings is 1. The number of rotatable bonds is 4. The van der Waals surface area contributed by atoms with Gasteiger partial charge in [0.15, 0.2) is 0 Å². The third-order valence-electron chi connectivity index (χ3n) is 4.50. The van der Waals surface area contributed by atoms with Gasteiger partial charge in [0.05, 0.1) is 11.3 Å². The van der Waals surface area contributed by atoms with E-state index in [1.165, 1.54) is 17.7 Å². The fraction of sp³-hybridized carbons (Fsp3) is 0.231. The minimum absolute atomic E-state index is 0.291. The molecule has 0 spiro atoms. The molecule has 0 aromatic heterocycles. The summed E-state index contributed by atoms with van der Waals surface area (Å²) in [7, 11) is 1.90. The molecule has 0 radical (unpaired) electrons. The third kappa shape index (κ3) is 6.96. The van der Waals surface area contributed by atoms with E-state index >= 15 is 0 Å². The second-order valence-electron chi connectivity index (χ2n) is 6.82. The third-order valence-corrected chi connectivity index (χ3v) is 4.50. The summed E-state index contributed by atoms with van der Waals surface area (Å²) in [4.78, 5) is 6.34. The maximum Gasteiger partial charge on any atom is 0.125 e. The van der Waals surface area contributed by atoms with Gasteiger partial charge in [0.1, 0.15) is 5.82 Å². The van der Waals surface area contributed by atoms with Crippen LogP contribution >= 0.6 is 0 Å². The Bertz CT molecular complexity index is 1020. The molecular formula is C26H27FN2. The lowest BCUT2D eigenvalue weighted by Crippen LogP contribution is -2.14. The molecule has 3 heteroatoms. The molecule has 148 valence electrons. The van der Waals surface area contributed by atoms with E-state index in [9.17, 15) is 4.39 Å². The SMILES string of the molecule is C=Cc1cc(F)cc(N(C)/C(C)=C\C(=C=CC)C#CC2=N/C=C\C=C(/C)CC2)c1. The highest BCUT2D eigenvalue weighted by molar-refractivity contribution is 6.01. The zero-order valence-corrected chi connectivity index (χ0v) is 17.6. The van der Waals surface area contributed by atoms with Gasteiger partial charge in [-0.05, 0) is 75.1 Å². The average molecular weight is 387 g/mol. The Morgan fingerprint density at radius 1 is 1.28 bits per heavy atom. The molecule has 0 saturated heterocycles. The molecule has 1 aliphatic rings. The van der Waals surface area contributed by atoms with Crippen molar-refractivity contribution in [2.24, 2.45) is 4.99 Å². The Balaban J connectivity index is 2.28. The summed E-state index contributed by atoms with van der Waals surface area (Å²) >= 11 is 0. The lowest BCUT2D eigenvalue weighted by atomic mass is 10.1. The fourth-order valence-corrected chi connectivity index (χ4v) is 2.72. The Morgan fingerprint density at radius 3 is 2.79 bits per heavy atom. The molecule has 0 saturated carbocycles. The average Bonchev–Trinajstić information content (AvgIpc) is 2.69. The molecule has 0 atom stereocenters. The Kier molecular flexibility index (Phi) is 8.22. The van der Waals surface area contributed by atoms with Crippen molar-refractivity contribution in [1.29, 1.82) is 0 Å². The lowest BCUT2D eigenvalue weighted by molar-refractivity contribution is 0.627. The second kappa shape index (κ2) is 10.9. The Hall–Kier alpha value is -3.34. The minimum Gasteiger partial charge on any atom is -0.348 e. The highest BCUT2D eigenvalue weighted by Gasteiger charge is 2.06. The predicted molar refractivity (Wildman–Crippen MR) is 123 cm³/mol. The van der Waals surface area contributed by atoms with Crippen molar-refractivity contribution in [3.63, 3.8) is 0 Å². The van der Waals surface area contributed by atoms with Crippen LogP contribution in [-0.4, -0.2) is 12.8 Å². The zero-order valence-electron chi connectivity index (χ0n) is 17.6. The zero-order chi connectivity index (χ0) is 21.2. The molecular weight excluding hydrogens is 359 g/mol. The summed E-state index contributed by atoms with van der Waals surface area (Å²) in [5.74, 6) is 6.05. The predicted octanol–water partition coefficient (Wildman–Crippen LogP) is 6.61. The van der Waals surface area contributed by atoms with Crippen LogP contribution in [0.4, 0.5) is 10.1 Å². The van der Waals surface area contributed by atoms with Crippen molar-refractivity contribution in [2.45, 2.75) is 33.6 Å². The maximum absolute atomic E-state index is 13.9. The topological polar surface area (TPSA) is 15.6 Å². The van der Waals surface area contributed by atoms with Crippen molar-refractivity contribution >= 4 is 17.5 Å². The largest absolute Gasteiger partial charge is 0.348 e. The summed E-state index contributed by atoms with van der Waals surface area (Å²) in [5, 5.41) is 0. The van der Waals surface area contributed by atoms with Crippen LogP contribution in [0.25, 0.3) is 6.08 Å². The number of allylic oxidation sites excluding steroid dienone is 6. The number of hydrogen-bond donors (Lipinski definition) is 0. The van der Waals surface area contributed by atoms with Gasteiger partial charge in [0.2, 0.25) is 0 Å². The number of nitrogens with zero attached hydrogens (tertiary/aromatic N) is 2. The van der Waals surface area contributed by atoms with E-state index in [1.54, 1.807) is 12.3 Å². The van der Waals surface area contributed by atoms with Crippen LogP contribution in [0.5, 0.6) is 0 Å². The van der Waals surface area contributed by atoms with E-state index in [-0.39, 0.29) is 5.82 Å². The molecule has 1 aromatic rings. The molecule has 1 aromatic carbocycles.